The zero-order valence-corrected chi connectivity index (χ0v) is 12.3. The maximum absolute atomic E-state index is 12.1. The van der Waals surface area contributed by atoms with Crippen molar-refractivity contribution in [3.8, 4) is 11.5 Å². The Balaban J connectivity index is 2.16. The number of amides is 2. The number of aryl methyl sites for hydroxylation is 1. The number of nitrogens with one attached hydrogen (secondary N) is 2. The van der Waals surface area contributed by atoms with Crippen LogP contribution in [0.5, 0.6) is 11.5 Å². The molecule has 5 nitrogen and oxygen atoms in total. The van der Waals surface area contributed by atoms with Crippen molar-refractivity contribution in [3.63, 3.8) is 0 Å². The molecule has 2 N–H and O–H groups in total. The van der Waals surface area contributed by atoms with Crippen LogP contribution in [0.15, 0.2) is 42.5 Å². The topological polar surface area (TPSA) is 59.6 Å². The predicted octanol–water partition coefficient (Wildman–Crippen LogP) is 3.66. The fourth-order valence-corrected chi connectivity index (χ4v) is 1.97. The van der Waals surface area contributed by atoms with Gasteiger partial charge in [-0.15, -0.1) is 0 Å². The number of ether oxygens (including phenoxy) is 2. The van der Waals surface area contributed by atoms with Gasteiger partial charge in [-0.2, -0.15) is 0 Å². The number of hydrogen-bond acceptors (Lipinski definition) is 3. The SMILES string of the molecule is COc1cccc(OC)c1NC(=O)Nc1cccc(C)c1. The van der Waals surface area contributed by atoms with Crippen molar-refractivity contribution in [3.05, 3.63) is 48.0 Å². The number of anilines is 2. The fourth-order valence-electron chi connectivity index (χ4n) is 1.97. The van der Waals surface area contributed by atoms with Crippen molar-refractivity contribution in [2.45, 2.75) is 6.92 Å². The minimum atomic E-state index is -0.358. The highest BCUT2D eigenvalue weighted by Gasteiger charge is 2.13. The number of hydrogen-bond donors (Lipinski definition) is 2. The monoisotopic (exact) mass is 286 g/mol. The van der Waals surface area contributed by atoms with Crippen LogP contribution in [0.1, 0.15) is 5.56 Å². The second-order valence-electron chi connectivity index (χ2n) is 4.49. The Morgan fingerprint density at radius 1 is 0.952 bits per heavy atom. The van der Waals surface area contributed by atoms with E-state index in [9.17, 15) is 4.79 Å². The van der Waals surface area contributed by atoms with E-state index < -0.39 is 0 Å². The second-order valence-corrected chi connectivity index (χ2v) is 4.49. The summed E-state index contributed by atoms with van der Waals surface area (Å²) < 4.78 is 10.5. The van der Waals surface area contributed by atoms with Crippen LogP contribution in [0.3, 0.4) is 0 Å². The Labute approximate surface area is 123 Å². The number of benzene rings is 2. The molecule has 0 heterocycles. The first kappa shape index (κ1) is 14.7. The molecule has 0 saturated heterocycles. The van der Waals surface area contributed by atoms with Gasteiger partial charge in [-0.1, -0.05) is 18.2 Å². The first-order valence-electron chi connectivity index (χ1n) is 6.49. The van der Waals surface area contributed by atoms with Crippen LogP contribution in [0.4, 0.5) is 16.2 Å². The van der Waals surface area contributed by atoms with Gasteiger partial charge in [0.2, 0.25) is 0 Å². The van der Waals surface area contributed by atoms with Gasteiger partial charge in [-0.05, 0) is 36.8 Å². The van der Waals surface area contributed by atoms with E-state index in [0.717, 1.165) is 11.3 Å². The van der Waals surface area contributed by atoms with Crippen LogP contribution in [0, 0.1) is 6.92 Å². The lowest BCUT2D eigenvalue weighted by Crippen LogP contribution is -2.20. The fraction of sp³-hybridized carbons (Fsp3) is 0.188. The molecule has 0 fully saturated rings. The molecule has 0 aliphatic rings. The van der Waals surface area contributed by atoms with Crippen LogP contribution in [-0.2, 0) is 0 Å². The molecule has 5 heteroatoms. The largest absolute Gasteiger partial charge is 0.494 e. The molecule has 0 unspecified atom stereocenters. The van der Waals surface area contributed by atoms with Gasteiger partial charge >= 0.3 is 6.03 Å². The van der Waals surface area contributed by atoms with Crippen LogP contribution in [-0.4, -0.2) is 20.3 Å². The van der Waals surface area contributed by atoms with Gasteiger partial charge in [0.1, 0.15) is 17.2 Å². The van der Waals surface area contributed by atoms with Crippen molar-refractivity contribution in [1.82, 2.24) is 0 Å². The maximum atomic E-state index is 12.1. The number of urea groups is 1. The highest BCUT2D eigenvalue weighted by molar-refractivity contribution is 6.01. The van der Waals surface area contributed by atoms with Crippen molar-refractivity contribution < 1.29 is 14.3 Å². The lowest BCUT2D eigenvalue weighted by molar-refractivity contribution is 0.262. The predicted molar refractivity (Wildman–Crippen MR) is 83.4 cm³/mol. The van der Waals surface area contributed by atoms with E-state index in [0.29, 0.717) is 17.2 Å². The highest BCUT2D eigenvalue weighted by atomic mass is 16.5. The highest BCUT2D eigenvalue weighted by Crippen LogP contribution is 2.34. The summed E-state index contributed by atoms with van der Waals surface area (Å²) in [5.74, 6) is 1.07. The molecule has 0 spiro atoms. The lowest BCUT2D eigenvalue weighted by Gasteiger charge is -2.14. The van der Waals surface area contributed by atoms with Crippen LogP contribution in [0.25, 0.3) is 0 Å². The average Bonchev–Trinajstić information content (AvgIpc) is 2.47. The van der Waals surface area contributed by atoms with Crippen molar-refractivity contribution in [2.24, 2.45) is 0 Å². The van der Waals surface area contributed by atoms with Gasteiger partial charge in [-0.25, -0.2) is 4.79 Å². The van der Waals surface area contributed by atoms with Gasteiger partial charge in [0.15, 0.2) is 0 Å². The molecule has 21 heavy (non-hydrogen) atoms. The number of carbonyl (C=O) groups excluding carboxylic acids is 1. The van der Waals surface area contributed by atoms with Crippen molar-refractivity contribution in [1.29, 1.82) is 0 Å². The molecule has 0 aliphatic heterocycles. The van der Waals surface area contributed by atoms with Gasteiger partial charge in [0.05, 0.1) is 14.2 Å². The lowest BCUT2D eigenvalue weighted by atomic mass is 10.2. The summed E-state index contributed by atoms with van der Waals surface area (Å²) in [6.45, 7) is 1.96. The molecule has 110 valence electrons. The Hall–Kier alpha value is -2.69. The Kier molecular flexibility index (Phi) is 4.66. The number of methoxy groups -OCH3 is 2. The first-order valence-corrected chi connectivity index (χ1v) is 6.49. The molecule has 0 saturated carbocycles. The average molecular weight is 286 g/mol. The molecule has 2 aromatic rings. The quantitative estimate of drug-likeness (QED) is 0.901. The summed E-state index contributed by atoms with van der Waals surface area (Å²) in [6, 6.07) is 12.5. The standard InChI is InChI=1S/C16H18N2O3/c1-11-6-4-7-12(10-11)17-16(19)18-15-13(20-2)8-5-9-14(15)21-3/h4-10H,1-3H3,(H2,17,18,19). The van der Waals surface area contributed by atoms with Gasteiger partial charge in [0, 0.05) is 5.69 Å². The molecule has 0 bridgehead atoms. The summed E-state index contributed by atoms with van der Waals surface area (Å²) in [6.07, 6.45) is 0. The zero-order valence-electron chi connectivity index (χ0n) is 12.3. The summed E-state index contributed by atoms with van der Waals surface area (Å²) in [7, 11) is 3.08. The Morgan fingerprint density at radius 2 is 1.57 bits per heavy atom. The summed E-state index contributed by atoms with van der Waals surface area (Å²) in [4.78, 5) is 12.1. The molecule has 0 aliphatic carbocycles. The number of para-hydroxylation sites is 1. The van der Waals surface area contributed by atoms with E-state index in [4.69, 9.17) is 9.47 Å². The summed E-state index contributed by atoms with van der Waals surface area (Å²) >= 11 is 0. The molecule has 2 rings (SSSR count). The van der Waals surface area contributed by atoms with Crippen LogP contribution < -0.4 is 20.1 Å². The summed E-state index contributed by atoms with van der Waals surface area (Å²) in [5, 5.41) is 5.52. The molecule has 2 aromatic carbocycles. The van der Waals surface area contributed by atoms with E-state index in [1.165, 1.54) is 0 Å². The number of rotatable bonds is 4. The van der Waals surface area contributed by atoms with E-state index in [1.54, 1.807) is 32.4 Å². The third-order valence-electron chi connectivity index (χ3n) is 2.94. The smallest absolute Gasteiger partial charge is 0.323 e. The van der Waals surface area contributed by atoms with Gasteiger partial charge in [-0.3, -0.25) is 0 Å². The molecular weight excluding hydrogens is 268 g/mol. The maximum Gasteiger partial charge on any atom is 0.323 e. The number of carbonyl (C=O) groups is 1. The third kappa shape index (κ3) is 3.66. The molecular formula is C16H18N2O3. The van der Waals surface area contributed by atoms with Gasteiger partial charge in [0.25, 0.3) is 0 Å². The molecule has 0 radical (unpaired) electrons. The molecule has 0 aromatic heterocycles. The van der Waals surface area contributed by atoms with Crippen molar-refractivity contribution >= 4 is 17.4 Å². The van der Waals surface area contributed by atoms with Crippen LogP contribution in [0.2, 0.25) is 0 Å². The zero-order chi connectivity index (χ0) is 15.2. The van der Waals surface area contributed by atoms with Crippen molar-refractivity contribution in [2.75, 3.05) is 24.9 Å². The summed E-state index contributed by atoms with van der Waals surface area (Å²) in [5.41, 5.74) is 2.29. The van der Waals surface area contributed by atoms with Gasteiger partial charge < -0.3 is 20.1 Å². The second kappa shape index (κ2) is 6.65. The third-order valence-corrected chi connectivity index (χ3v) is 2.94. The normalized spacial score (nSPS) is 9.86. The Morgan fingerprint density at radius 3 is 2.14 bits per heavy atom. The van der Waals surface area contributed by atoms with E-state index >= 15 is 0 Å². The minimum absolute atomic E-state index is 0.358. The minimum Gasteiger partial charge on any atom is -0.494 e. The van der Waals surface area contributed by atoms with Crippen LogP contribution >= 0.6 is 0 Å². The van der Waals surface area contributed by atoms with E-state index in [2.05, 4.69) is 10.6 Å². The molecule has 2 amide bonds. The molecule has 0 atom stereocenters. The Bertz CT molecular complexity index is 619. The first-order chi connectivity index (χ1) is 10.1. The van der Waals surface area contributed by atoms with E-state index in [-0.39, 0.29) is 6.03 Å². The van der Waals surface area contributed by atoms with E-state index in [1.807, 2.05) is 31.2 Å².